The van der Waals surface area contributed by atoms with Crippen molar-refractivity contribution in [3.05, 3.63) is 10.6 Å². The first-order valence-electron chi connectivity index (χ1n) is 4.35. The van der Waals surface area contributed by atoms with Gasteiger partial charge >= 0.3 is 5.97 Å². The Morgan fingerprint density at radius 2 is 2.29 bits per heavy atom. The summed E-state index contributed by atoms with van der Waals surface area (Å²) in [5, 5.41) is 9.58. The molecule has 0 aromatic heterocycles. The fourth-order valence-electron chi connectivity index (χ4n) is 1.03. The van der Waals surface area contributed by atoms with Crippen molar-refractivity contribution < 1.29 is 9.53 Å². The topological polar surface area (TPSA) is 53.1 Å². The summed E-state index contributed by atoms with van der Waals surface area (Å²) < 4.78 is 4.80. The monoisotopic (exact) mass is 212 g/mol. The van der Waals surface area contributed by atoms with Gasteiger partial charge in [0.05, 0.1) is 11.6 Å². The van der Waals surface area contributed by atoms with Crippen LogP contribution in [-0.4, -0.2) is 36.8 Å². The Balaban J connectivity index is 2.86. The first-order chi connectivity index (χ1) is 6.74. The van der Waals surface area contributed by atoms with Gasteiger partial charge in [0.25, 0.3) is 0 Å². The molecule has 14 heavy (non-hydrogen) atoms. The van der Waals surface area contributed by atoms with E-state index in [9.17, 15) is 4.79 Å². The van der Waals surface area contributed by atoms with Gasteiger partial charge in [0, 0.05) is 13.1 Å². The molecule has 0 atom stereocenters. The van der Waals surface area contributed by atoms with E-state index >= 15 is 0 Å². The minimum atomic E-state index is -0.522. The van der Waals surface area contributed by atoms with E-state index < -0.39 is 5.97 Å². The van der Waals surface area contributed by atoms with Crippen LogP contribution >= 0.6 is 11.8 Å². The van der Waals surface area contributed by atoms with Gasteiger partial charge in [0.2, 0.25) is 0 Å². The van der Waals surface area contributed by atoms with Crippen molar-refractivity contribution in [3.63, 3.8) is 0 Å². The zero-order chi connectivity index (χ0) is 10.6. The molecule has 0 aromatic carbocycles. The summed E-state index contributed by atoms with van der Waals surface area (Å²) in [5.74, 6) is -0.522. The van der Waals surface area contributed by atoms with E-state index in [0.717, 1.165) is 18.1 Å². The van der Waals surface area contributed by atoms with Crippen LogP contribution in [0.15, 0.2) is 10.6 Å². The second kappa shape index (κ2) is 4.91. The quantitative estimate of drug-likeness (QED) is 0.301. The summed E-state index contributed by atoms with van der Waals surface area (Å²) in [6.07, 6.45) is 1.85. The maximum Gasteiger partial charge on any atom is 0.351 e. The van der Waals surface area contributed by atoms with Crippen molar-refractivity contribution in [2.24, 2.45) is 0 Å². The number of hydrogen-bond acceptors (Lipinski definition) is 5. The molecule has 1 aliphatic rings. The van der Waals surface area contributed by atoms with Gasteiger partial charge < -0.3 is 9.64 Å². The van der Waals surface area contributed by atoms with Gasteiger partial charge in [-0.25, -0.2) is 4.79 Å². The zero-order valence-corrected chi connectivity index (χ0v) is 9.06. The molecule has 0 saturated carbocycles. The molecule has 0 spiro atoms. The molecule has 0 amide bonds. The Hall–Kier alpha value is -1.15. The summed E-state index contributed by atoms with van der Waals surface area (Å²) in [4.78, 5) is 13.3. The van der Waals surface area contributed by atoms with E-state index in [4.69, 9.17) is 10.00 Å². The molecule has 0 bridgehead atoms. The number of rotatable bonds is 4. The van der Waals surface area contributed by atoms with Crippen LogP contribution in [0.1, 0.15) is 6.92 Å². The van der Waals surface area contributed by atoms with E-state index in [1.807, 2.05) is 17.2 Å². The fourth-order valence-corrected chi connectivity index (χ4v) is 1.80. The number of thioether (sulfide) groups is 1. The minimum absolute atomic E-state index is 0.122. The molecule has 76 valence electrons. The van der Waals surface area contributed by atoms with Crippen LogP contribution in [-0.2, 0) is 9.53 Å². The maximum absolute atomic E-state index is 11.4. The third kappa shape index (κ3) is 2.42. The largest absolute Gasteiger partial charge is 0.462 e. The Bertz CT molecular complexity index is 302. The van der Waals surface area contributed by atoms with Gasteiger partial charge in [-0.05, 0) is 13.2 Å². The molecule has 0 aliphatic carbocycles. The second-order valence-corrected chi connectivity index (χ2v) is 3.50. The minimum Gasteiger partial charge on any atom is -0.462 e. The first kappa shape index (κ1) is 10.9. The smallest absolute Gasteiger partial charge is 0.351 e. The van der Waals surface area contributed by atoms with Crippen LogP contribution in [0.5, 0.6) is 0 Å². The SMILES string of the molecule is CCOC(=O)C(C#N)=C(SC)N1CC1. The molecule has 1 rings (SSSR count). The summed E-state index contributed by atoms with van der Waals surface area (Å²) >= 11 is 1.41. The fraction of sp³-hybridized carbons (Fsp3) is 0.556. The third-order valence-corrected chi connectivity index (χ3v) is 2.58. The lowest BCUT2D eigenvalue weighted by molar-refractivity contribution is -0.138. The second-order valence-electron chi connectivity index (χ2n) is 2.70. The molecule has 0 aromatic rings. The van der Waals surface area contributed by atoms with E-state index in [2.05, 4.69) is 0 Å². The Kier molecular flexibility index (Phi) is 3.84. The number of ether oxygens (including phenoxy) is 1. The van der Waals surface area contributed by atoms with Crippen molar-refractivity contribution in [2.45, 2.75) is 6.92 Å². The summed E-state index contributed by atoms with van der Waals surface area (Å²) in [6.45, 7) is 3.86. The standard InChI is InChI=1S/C9H12N2O2S/c1-3-13-9(12)7(6-10)8(14-2)11-4-5-11/h3-5H2,1-2H3. The average Bonchev–Trinajstić information content (AvgIpc) is 2.97. The number of carbonyl (C=O) groups is 1. The van der Waals surface area contributed by atoms with Gasteiger partial charge in [-0.1, -0.05) is 0 Å². The highest BCUT2D eigenvalue weighted by Gasteiger charge is 2.27. The highest BCUT2D eigenvalue weighted by atomic mass is 32.2. The maximum atomic E-state index is 11.4. The Labute approximate surface area is 87.5 Å². The molecule has 1 heterocycles. The van der Waals surface area contributed by atoms with E-state index in [0.29, 0.717) is 6.61 Å². The van der Waals surface area contributed by atoms with Gasteiger partial charge in [-0.15, -0.1) is 11.8 Å². The lowest BCUT2D eigenvalue weighted by atomic mass is 10.3. The van der Waals surface area contributed by atoms with Crippen LogP contribution in [0.3, 0.4) is 0 Å². The molecule has 1 fully saturated rings. The summed E-state index contributed by atoms with van der Waals surface area (Å²) in [6, 6.07) is 1.90. The lowest BCUT2D eigenvalue weighted by Gasteiger charge is -2.07. The van der Waals surface area contributed by atoms with Crippen LogP contribution < -0.4 is 0 Å². The van der Waals surface area contributed by atoms with E-state index in [1.54, 1.807) is 6.92 Å². The molecular weight excluding hydrogens is 200 g/mol. The van der Waals surface area contributed by atoms with Gasteiger partial charge in [-0.2, -0.15) is 5.26 Å². The molecule has 0 radical (unpaired) electrons. The highest BCUT2D eigenvalue weighted by molar-refractivity contribution is 8.02. The average molecular weight is 212 g/mol. The van der Waals surface area contributed by atoms with Crippen molar-refractivity contribution in [1.29, 1.82) is 5.26 Å². The van der Waals surface area contributed by atoms with Gasteiger partial charge in [-0.3, -0.25) is 0 Å². The first-order valence-corrected chi connectivity index (χ1v) is 5.57. The van der Waals surface area contributed by atoms with Crippen molar-refractivity contribution in [2.75, 3.05) is 26.0 Å². The van der Waals surface area contributed by atoms with Crippen LogP contribution in [0.25, 0.3) is 0 Å². The molecule has 1 saturated heterocycles. The zero-order valence-electron chi connectivity index (χ0n) is 8.24. The summed E-state index contributed by atoms with van der Waals surface area (Å²) in [7, 11) is 0. The van der Waals surface area contributed by atoms with Crippen molar-refractivity contribution in [3.8, 4) is 6.07 Å². The lowest BCUT2D eigenvalue weighted by Crippen LogP contribution is -2.11. The van der Waals surface area contributed by atoms with Crippen LogP contribution in [0.4, 0.5) is 0 Å². The predicted molar refractivity (Wildman–Crippen MR) is 54.4 cm³/mol. The number of carbonyl (C=O) groups excluding carboxylic acids is 1. The number of nitrogens with zero attached hydrogens (tertiary/aromatic N) is 2. The van der Waals surface area contributed by atoms with E-state index in [1.165, 1.54) is 11.8 Å². The normalized spacial score (nSPS) is 15.6. The highest BCUT2D eigenvalue weighted by Crippen LogP contribution is 2.27. The molecule has 0 N–H and O–H groups in total. The Morgan fingerprint density at radius 1 is 1.64 bits per heavy atom. The third-order valence-electron chi connectivity index (χ3n) is 1.73. The Morgan fingerprint density at radius 3 is 2.64 bits per heavy atom. The number of hydrogen-bond donors (Lipinski definition) is 0. The molecule has 5 heteroatoms. The predicted octanol–water partition coefficient (Wildman–Crippen LogP) is 0.963. The number of nitriles is 1. The van der Waals surface area contributed by atoms with Gasteiger partial charge in [0.1, 0.15) is 6.07 Å². The van der Waals surface area contributed by atoms with Crippen LogP contribution in [0.2, 0.25) is 0 Å². The van der Waals surface area contributed by atoms with Crippen LogP contribution in [0, 0.1) is 11.3 Å². The summed E-state index contributed by atoms with van der Waals surface area (Å²) in [5.41, 5.74) is 0.122. The molecular formula is C9H12N2O2S. The van der Waals surface area contributed by atoms with E-state index in [-0.39, 0.29) is 5.57 Å². The van der Waals surface area contributed by atoms with Crippen molar-refractivity contribution >= 4 is 17.7 Å². The number of esters is 1. The molecule has 4 nitrogen and oxygen atoms in total. The molecule has 0 unspecified atom stereocenters. The molecule has 1 aliphatic heterocycles. The van der Waals surface area contributed by atoms with Gasteiger partial charge in [0.15, 0.2) is 5.57 Å². The van der Waals surface area contributed by atoms with Crippen molar-refractivity contribution in [1.82, 2.24) is 4.90 Å².